The molecule has 2 aromatic carbocycles. The van der Waals surface area contributed by atoms with Crippen LogP contribution in [0.5, 0.6) is 5.75 Å². The number of para-hydroxylation sites is 1. The van der Waals surface area contributed by atoms with Crippen LogP contribution in [0.4, 0.5) is 5.69 Å². The van der Waals surface area contributed by atoms with Gasteiger partial charge in [0, 0.05) is 31.9 Å². The molecule has 0 bridgehead atoms. The van der Waals surface area contributed by atoms with Crippen molar-refractivity contribution in [1.82, 2.24) is 4.57 Å². The number of hydrogen-bond acceptors (Lipinski definition) is 8. The van der Waals surface area contributed by atoms with E-state index >= 15 is 0 Å². The van der Waals surface area contributed by atoms with Gasteiger partial charge in [0.05, 0.1) is 16.5 Å². The lowest BCUT2D eigenvalue weighted by atomic mass is 9.84. The molecule has 0 unspecified atom stereocenters. The van der Waals surface area contributed by atoms with Gasteiger partial charge in [-0.05, 0) is 43.8 Å². The number of rotatable bonds is 5. The molecule has 1 N–H and O–H groups in total. The Balaban J connectivity index is 2.04. The third kappa shape index (κ3) is 3.23. The van der Waals surface area contributed by atoms with Crippen LogP contribution >= 0.6 is 12.2 Å². The van der Waals surface area contributed by atoms with Gasteiger partial charge in [0.2, 0.25) is 0 Å². The van der Waals surface area contributed by atoms with E-state index in [2.05, 4.69) is 0 Å². The van der Waals surface area contributed by atoms with Crippen LogP contribution < -0.4 is 4.74 Å². The van der Waals surface area contributed by atoms with Crippen molar-refractivity contribution in [3.8, 4) is 5.75 Å². The molecule has 0 fully saturated rings. The molecule has 0 spiro atoms. The number of nitrogens with zero attached hydrogens (tertiary/aromatic N) is 2. The molecule has 0 aliphatic carbocycles. The lowest BCUT2D eigenvalue weighted by Crippen LogP contribution is -2.60. The predicted octanol–water partition coefficient (Wildman–Crippen LogP) is 3.90. The first-order valence-electron chi connectivity index (χ1n) is 9.54. The number of aryl methyl sites for hydroxylation is 1. The van der Waals surface area contributed by atoms with Crippen LogP contribution in [0.3, 0.4) is 0 Å². The van der Waals surface area contributed by atoms with Crippen molar-refractivity contribution in [1.29, 1.82) is 0 Å². The molecule has 0 saturated carbocycles. The fourth-order valence-electron chi connectivity index (χ4n) is 4.30. The summed E-state index contributed by atoms with van der Waals surface area (Å²) < 4.78 is 24.4. The van der Waals surface area contributed by atoms with E-state index in [1.165, 1.54) is 32.4 Å². The Morgan fingerprint density at radius 2 is 2.00 bits per heavy atom. The average molecular weight is 446 g/mol. The van der Waals surface area contributed by atoms with Crippen LogP contribution in [-0.4, -0.2) is 46.8 Å². The Bertz CT molecular complexity index is 1220. The van der Waals surface area contributed by atoms with Crippen LogP contribution in [0.25, 0.3) is 11.1 Å². The van der Waals surface area contributed by atoms with Gasteiger partial charge in [-0.15, -0.1) is 0 Å². The standard InChI is InChI=1S/C21H22N2O7S/c1-11-6-5-7-15-16(11)22(20(31)29-15)17-13-10-12(23(25)26)8-9-14(13)30-21(2,18(17)24)19(27-3)28-4/h5-10,17-19,24H,1-4H3/t17-,18-,21-/m1/s1. The fraction of sp³-hybridized carbons (Fsp3) is 0.381. The summed E-state index contributed by atoms with van der Waals surface area (Å²) in [6, 6.07) is 8.91. The van der Waals surface area contributed by atoms with Crippen LogP contribution in [-0.2, 0) is 9.47 Å². The van der Waals surface area contributed by atoms with Crippen molar-refractivity contribution in [2.75, 3.05) is 14.2 Å². The summed E-state index contributed by atoms with van der Waals surface area (Å²) in [5.41, 5.74) is 1.04. The molecule has 31 heavy (non-hydrogen) atoms. The van der Waals surface area contributed by atoms with Crippen molar-refractivity contribution in [3.05, 3.63) is 62.5 Å². The minimum absolute atomic E-state index is 0.126. The molecule has 164 valence electrons. The third-order valence-corrected chi connectivity index (χ3v) is 6.03. The Morgan fingerprint density at radius 3 is 2.65 bits per heavy atom. The number of non-ortho nitro benzene ring substituents is 1. The molecule has 3 atom stereocenters. The second kappa shape index (κ2) is 7.72. The van der Waals surface area contributed by atoms with E-state index < -0.39 is 29.0 Å². The summed E-state index contributed by atoms with van der Waals surface area (Å²) in [5.74, 6) is 0.354. The van der Waals surface area contributed by atoms with Gasteiger partial charge in [-0.1, -0.05) is 12.1 Å². The van der Waals surface area contributed by atoms with Gasteiger partial charge in [0.15, 0.2) is 17.5 Å². The SMILES string of the molecule is COC(OC)[C@]1(C)Oc2ccc([N+](=O)[O-])cc2[C@@H](n2c(=S)oc3cccc(C)c32)[C@H]1O. The number of fused-ring (bicyclic) bond motifs is 2. The maximum absolute atomic E-state index is 11.6. The molecule has 10 heteroatoms. The first-order chi connectivity index (χ1) is 14.7. The van der Waals surface area contributed by atoms with E-state index in [-0.39, 0.29) is 10.5 Å². The Morgan fingerprint density at radius 1 is 1.29 bits per heavy atom. The second-order valence-electron chi connectivity index (χ2n) is 7.62. The number of methoxy groups -OCH3 is 2. The molecular formula is C21H22N2O7S. The first-order valence-corrected chi connectivity index (χ1v) is 9.95. The number of hydrogen-bond donors (Lipinski definition) is 1. The topological polar surface area (TPSA) is 109 Å². The number of nitro benzene ring substituents is 1. The number of aromatic nitrogens is 1. The smallest absolute Gasteiger partial charge is 0.270 e. The summed E-state index contributed by atoms with van der Waals surface area (Å²) in [4.78, 5) is 11.1. The zero-order valence-corrected chi connectivity index (χ0v) is 18.2. The fourth-order valence-corrected chi connectivity index (χ4v) is 4.59. The Kier molecular flexibility index (Phi) is 5.34. The maximum atomic E-state index is 11.6. The molecule has 4 rings (SSSR count). The highest BCUT2D eigenvalue weighted by Gasteiger charge is 2.53. The van der Waals surface area contributed by atoms with E-state index in [9.17, 15) is 15.2 Å². The van der Waals surface area contributed by atoms with Crippen molar-refractivity contribution in [2.45, 2.75) is 37.9 Å². The molecule has 9 nitrogen and oxygen atoms in total. The number of benzene rings is 2. The minimum atomic E-state index is -1.35. The molecule has 1 aromatic heterocycles. The number of ether oxygens (including phenoxy) is 3. The first kappa shape index (κ1) is 21.4. The van der Waals surface area contributed by atoms with E-state index in [1.807, 2.05) is 19.1 Å². The van der Waals surface area contributed by atoms with Gasteiger partial charge >= 0.3 is 0 Å². The number of oxazole rings is 1. The predicted molar refractivity (Wildman–Crippen MR) is 114 cm³/mol. The molecule has 1 aliphatic rings. The van der Waals surface area contributed by atoms with Gasteiger partial charge in [0.25, 0.3) is 10.5 Å². The Labute approximate surface area is 182 Å². The van der Waals surface area contributed by atoms with E-state index in [0.29, 0.717) is 22.4 Å². The highest BCUT2D eigenvalue weighted by atomic mass is 32.1. The third-order valence-electron chi connectivity index (χ3n) is 5.75. The zero-order valence-electron chi connectivity index (χ0n) is 17.4. The van der Waals surface area contributed by atoms with Crippen LogP contribution in [0.1, 0.15) is 24.1 Å². The van der Waals surface area contributed by atoms with E-state index in [1.54, 1.807) is 17.6 Å². The monoisotopic (exact) mass is 446 g/mol. The molecule has 0 amide bonds. The van der Waals surface area contributed by atoms with Crippen LogP contribution in [0.15, 0.2) is 40.8 Å². The summed E-state index contributed by atoms with van der Waals surface area (Å²) >= 11 is 5.51. The van der Waals surface area contributed by atoms with Crippen molar-refractivity contribution in [2.24, 2.45) is 0 Å². The van der Waals surface area contributed by atoms with Crippen molar-refractivity contribution in [3.63, 3.8) is 0 Å². The normalized spacial score (nSPS) is 23.0. The molecule has 2 heterocycles. The molecule has 0 radical (unpaired) electrons. The summed E-state index contributed by atoms with van der Waals surface area (Å²) in [5, 5.41) is 23.0. The minimum Gasteiger partial charge on any atom is -0.479 e. The number of nitro groups is 1. The van der Waals surface area contributed by atoms with E-state index in [4.69, 9.17) is 30.8 Å². The molecule has 0 saturated heterocycles. The largest absolute Gasteiger partial charge is 0.479 e. The van der Waals surface area contributed by atoms with Gasteiger partial charge in [0.1, 0.15) is 11.9 Å². The number of aliphatic hydroxyl groups excluding tert-OH is 1. The van der Waals surface area contributed by atoms with Gasteiger partial charge in [-0.2, -0.15) is 0 Å². The zero-order chi connectivity index (χ0) is 22.5. The molecule has 3 aromatic rings. The second-order valence-corrected chi connectivity index (χ2v) is 7.97. The summed E-state index contributed by atoms with van der Waals surface area (Å²) in [6.45, 7) is 3.56. The highest BCUT2D eigenvalue weighted by molar-refractivity contribution is 7.71. The van der Waals surface area contributed by atoms with Gasteiger partial charge < -0.3 is 23.7 Å². The van der Waals surface area contributed by atoms with Gasteiger partial charge in [-0.25, -0.2) is 0 Å². The summed E-state index contributed by atoms with van der Waals surface area (Å²) in [6.07, 6.45) is -2.18. The maximum Gasteiger partial charge on any atom is 0.270 e. The van der Waals surface area contributed by atoms with Crippen molar-refractivity contribution < 1.29 is 28.7 Å². The Hall–Kier alpha value is -2.79. The highest BCUT2D eigenvalue weighted by Crippen LogP contribution is 2.46. The lowest BCUT2D eigenvalue weighted by molar-refractivity contribution is -0.385. The molecular weight excluding hydrogens is 424 g/mol. The lowest BCUT2D eigenvalue weighted by Gasteiger charge is -2.46. The average Bonchev–Trinajstić information content (AvgIpc) is 3.06. The summed E-state index contributed by atoms with van der Waals surface area (Å²) in [7, 11) is 2.89. The van der Waals surface area contributed by atoms with Crippen LogP contribution in [0.2, 0.25) is 0 Å². The molecule has 1 aliphatic heterocycles. The van der Waals surface area contributed by atoms with Crippen molar-refractivity contribution >= 4 is 29.0 Å². The number of aliphatic hydroxyl groups is 1. The van der Waals surface area contributed by atoms with Crippen LogP contribution in [0, 0.1) is 21.9 Å². The van der Waals surface area contributed by atoms with Gasteiger partial charge in [-0.3, -0.25) is 14.7 Å². The quantitative estimate of drug-likeness (QED) is 0.272. The van der Waals surface area contributed by atoms with E-state index in [0.717, 1.165) is 5.56 Å².